The molecular formula is C17H20N4O3. The van der Waals surface area contributed by atoms with Crippen molar-refractivity contribution < 1.29 is 4.79 Å². The fraction of sp³-hybridized carbons (Fsp3) is 0.353. The lowest BCUT2D eigenvalue weighted by molar-refractivity contribution is -0.133. The monoisotopic (exact) mass is 328 g/mol. The highest BCUT2D eigenvalue weighted by atomic mass is 16.2. The first-order valence-corrected chi connectivity index (χ1v) is 7.88. The quantitative estimate of drug-likeness (QED) is 0.838. The molecule has 1 atom stereocenters. The van der Waals surface area contributed by atoms with Gasteiger partial charge in [-0.2, -0.15) is 0 Å². The second kappa shape index (κ2) is 6.84. The van der Waals surface area contributed by atoms with Crippen molar-refractivity contribution in [3.05, 3.63) is 68.2 Å². The SMILES string of the molecule is CN1CCN(C(=O)Cc2cc(=O)[nH][nH]c2=O)C[C@@H]1c1ccccc1. The number of carbonyl (C=O) groups is 1. The predicted molar refractivity (Wildman–Crippen MR) is 89.8 cm³/mol. The summed E-state index contributed by atoms with van der Waals surface area (Å²) in [6.07, 6.45) is -0.0650. The van der Waals surface area contributed by atoms with Crippen molar-refractivity contribution in [2.24, 2.45) is 0 Å². The maximum atomic E-state index is 12.6. The van der Waals surface area contributed by atoms with E-state index in [1.54, 1.807) is 4.90 Å². The fourth-order valence-electron chi connectivity index (χ4n) is 3.00. The van der Waals surface area contributed by atoms with E-state index in [-0.39, 0.29) is 23.9 Å². The number of rotatable bonds is 3. The first kappa shape index (κ1) is 16.2. The molecule has 2 heterocycles. The molecule has 0 spiro atoms. The summed E-state index contributed by atoms with van der Waals surface area (Å²) in [5, 5.41) is 4.45. The van der Waals surface area contributed by atoms with Gasteiger partial charge in [0.15, 0.2) is 0 Å². The Kier molecular flexibility index (Phi) is 4.61. The number of hydrogen-bond acceptors (Lipinski definition) is 4. The minimum Gasteiger partial charge on any atom is -0.339 e. The highest BCUT2D eigenvalue weighted by Gasteiger charge is 2.28. The van der Waals surface area contributed by atoms with E-state index in [0.29, 0.717) is 13.1 Å². The van der Waals surface area contributed by atoms with Crippen LogP contribution in [0.4, 0.5) is 0 Å². The Balaban J connectivity index is 1.75. The number of nitrogens with one attached hydrogen (secondary N) is 2. The van der Waals surface area contributed by atoms with E-state index >= 15 is 0 Å². The van der Waals surface area contributed by atoms with Gasteiger partial charge in [0.1, 0.15) is 0 Å². The van der Waals surface area contributed by atoms with Crippen molar-refractivity contribution in [2.45, 2.75) is 12.5 Å². The number of H-pyrrole nitrogens is 2. The Morgan fingerprint density at radius 2 is 1.92 bits per heavy atom. The number of likely N-dealkylation sites (N-methyl/N-ethyl adjacent to an activating group) is 1. The number of benzene rings is 1. The smallest absolute Gasteiger partial charge is 0.266 e. The van der Waals surface area contributed by atoms with E-state index in [1.807, 2.05) is 25.2 Å². The van der Waals surface area contributed by atoms with Crippen LogP contribution in [0.25, 0.3) is 0 Å². The Hall–Kier alpha value is -2.67. The maximum Gasteiger partial charge on any atom is 0.266 e. The summed E-state index contributed by atoms with van der Waals surface area (Å²) >= 11 is 0. The highest BCUT2D eigenvalue weighted by molar-refractivity contribution is 5.78. The van der Waals surface area contributed by atoms with Gasteiger partial charge in [0.05, 0.1) is 12.5 Å². The standard InChI is InChI=1S/C17H20N4O3/c1-20-7-8-21(11-14(20)12-5-3-2-4-6-12)16(23)10-13-9-15(22)18-19-17(13)24/h2-6,9,14H,7-8,10-11H2,1H3,(H,18,22)(H,19,24)/t14-/m1/s1. The van der Waals surface area contributed by atoms with E-state index in [9.17, 15) is 14.4 Å². The minimum atomic E-state index is -0.434. The van der Waals surface area contributed by atoms with E-state index in [1.165, 1.54) is 6.07 Å². The van der Waals surface area contributed by atoms with Gasteiger partial charge in [-0.1, -0.05) is 30.3 Å². The molecule has 126 valence electrons. The Labute approximate surface area is 138 Å². The summed E-state index contributed by atoms with van der Waals surface area (Å²) in [5.74, 6) is -0.139. The number of aromatic nitrogens is 2. The largest absolute Gasteiger partial charge is 0.339 e. The molecule has 7 nitrogen and oxygen atoms in total. The fourth-order valence-corrected chi connectivity index (χ4v) is 3.00. The Morgan fingerprint density at radius 3 is 2.67 bits per heavy atom. The van der Waals surface area contributed by atoms with Gasteiger partial charge in [-0.3, -0.25) is 29.5 Å². The molecule has 0 bridgehead atoms. The maximum absolute atomic E-state index is 12.6. The lowest BCUT2D eigenvalue weighted by atomic mass is 10.0. The number of amides is 1. The average molecular weight is 328 g/mol. The van der Waals surface area contributed by atoms with E-state index in [4.69, 9.17) is 0 Å². The van der Waals surface area contributed by atoms with Gasteiger partial charge < -0.3 is 4.90 Å². The summed E-state index contributed by atoms with van der Waals surface area (Å²) in [6, 6.07) is 11.4. The molecule has 1 saturated heterocycles. The molecule has 0 aliphatic carbocycles. The van der Waals surface area contributed by atoms with Crippen LogP contribution in [-0.2, 0) is 11.2 Å². The molecule has 0 unspecified atom stereocenters. The molecule has 24 heavy (non-hydrogen) atoms. The lowest BCUT2D eigenvalue weighted by Gasteiger charge is -2.39. The van der Waals surface area contributed by atoms with Crippen molar-refractivity contribution in [3.63, 3.8) is 0 Å². The average Bonchev–Trinajstić information content (AvgIpc) is 2.59. The molecular weight excluding hydrogens is 308 g/mol. The molecule has 0 saturated carbocycles. The van der Waals surface area contributed by atoms with Crippen LogP contribution in [0.15, 0.2) is 46.0 Å². The Bertz CT molecular complexity index is 827. The second-order valence-corrected chi connectivity index (χ2v) is 6.04. The zero-order valence-electron chi connectivity index (χ0n) is 13.5. The van der Waals surface area contributed by atoms with Crippen LogP contribution in [0.2, 0.25) is 0 Å². The van der Waals surface area contributed by atoms with Crippen LogP contribution in [0.1, 0.15) is 17.2 Å². The molecule has 1 amide bonds. The molecule has 2 aromatic rings. The van der Waals surface area contributed by atoms with E-state index < -0.39 is 11.1 Å². The molecule has 1 fully saturated rings. The number of hydrogen-bond donors (Lipinski definition) is 2. The van der Waals surface area contributed by atoms with Crippen molar-refractivity contribution >= 4 is 5.91 Å². The van der Waals surface area contributed by atoms with Crippen molar-refractivity contribution in [1.29, 1.82) is 0 Å². The molecule has 0 radical (unpaired) electrons. The van der Waals surface area contributed by atoms with Crippen LogP contribution >= 0.6 is 0 Å². The number of piperazine rings is 1. The van der Waals surface area contributed by atoms with Crippen molar-refractivity contribution in [3.8, 4) is 0 Å². The molecule has 1 aromatic heterocycles. The van der Waals surface area contributed by atoms with Crippen LogP contribution in [0.3, 0.4) is 0 Å². The zero-order valence-corrected chi connectivity index (χ0v) is 13.5. The van der Waals surface area contributed by atoms with Crippen LogP contribution < -0.4 is 11.1 Å². The van der Waals surface area contributed by atoms with Gasteiger partial charge in [-0.15, -0.1) is 0 Å². The minimum absolute atomic E-state index is 0.0650. The third kappa shape index (κ3) is 3.46. The van der Waals surface area contributed by atoms with Crippen LogP contribution in [-0.4, -0.2) is 52.6 Å². The van der Waals surface area contributed by atoms with E-state index in [2.05, 4.69) is 27.2 Å². The van der Waals surface area contributed by atoms with Crippen LogP contribution in [0, 0.1) is 0 Å². The van der Waals surface area contributed by atoms with Gasteiger partial charge in [-0.25, -0.2) is 0 Å². The molecule has 1 aliphatic rings. The van der Waals surface area contributed by atoms with Gasteiger partial charge in [0, 0.05) is 31.3 Å². The van der Waals surface area contributed by atoms with Crippen LogP contribution in [0.5, 0.6) is 0 Å². The Morgan fingerprint density at radius 1 is 1.17 bits per heavy atom. The zero-order chi connectivity index (χ0) is 17.1. The van der Waals surface area contributed by atoms with Crippen molar-refractivity contribution in [2.75, 3.05) is 26.7 Å². The van der Waals surface area contributed by atoms with E-state index in [0.717, 1.165) is 12.1 Å². The first-order chi connectivity index (χ1) is 11.5. The number of nitrogens with zero attached hydrogens (tertiary/aromatic N) is 2. The molecule has 1 aromatic carbocycles. The lowest BCUT2D eigenvalue weighted by Crippen LogP contribution is -2.49. The van der Waals surface area contributed by atoms with Gasteiger partial charge in [-0.05, 0) is 12.6 Å². The van der Waals surface area contributed by atoms with Gasteiger partial charge in [0.25, 0.3) is 11.1 Å². The van der Waals surface area contributed by atoms with Gasteiger partial charge in [0.2, 0.25) is 5.91 Å². The summed E-state index contributed by atoms with van der Waals surface area (Å²) in [7, 11) is 2.04. The third-order valence-corrected chi connectivity index (χ3v) is 4.42. The number of carbonyl (C=O) groups excluding carboxylic acids is 1. The second-order valence-electron chi connectivity index (χ2n) is 6.04. The molecule has 1 aliphatic heterocycles. The molecule has 2 N–H and O–H groups in total. The topological polar surface area (TPSA) is 89.3 Å². The highest BCUT2D eigenvalue weighted by Crippen LogP contribution is 2.24. The summed E-state index contributed by atoms with van der Waals surface area (Å²) in [6.45, 7) is 1.94. The molecule has 3 rings (SSSR count). The summed E-state index contributed by atoms with van der Waals surface area (Å²) in [4.78, 5) is 39.6. The molecule has 7 heteroatoms. The number of aromatic amines is 2. The summed E-state index contributed by atoms with van der Waals surface area (Å²) in [5.41, 5.74) is 0.500. The summed E-state index contributed by atoms with van der Waals surface area (Å²) < 4.78 is 0. The predicted octanol–water partition coefficient (Wildman–Crippen LogP) is 0.121. The van der Waals surface area contributed by atoms with Gasteiger partial charge >= 0.3 is 0 Å². The normalized spacial score (nSPS) is 18.5. The van der Waals surface area contributed by atoms with Crippen molar-refractivity contribution in [1.82, 2.24) is 20.0 Å². The third-order valence-electron chi connectivity index (χ3n) is 4.42. The first-order valence-electron chi connectivity index (χ1n) is 7.88.